The lowest BCUT2D eigenvalue weighted by molar-refractivity contribution is 0.156. The van der Waals surface area contributed by atoms with Crippen LogP contribution in [-0.4, -0.2) is 9.67 Å². The molecule has 3 rings (SSSR count). The monoisotopic (exact) mass is 279 g/mol. The first-order valence-electron chi connectivity index (χ1n) is 6.43. The van der Waals surface area contributed by atoms with E-state index in [0.29, 0.717) is 5.69 Å². The Morgan fingerprint density at radius 2 is 2.21 bits per heavy atom. The summed E-state index contributed by atoms with van der Waals surface area (Å²) in [6, 6.07) is 6.95. The predicted octanol–water partition coefficient (Wildman–Crippen LogP) is 3.95. The minimum Gasteiger partial charge on any atom is -0.388 e. The van der Waals surface area contributed by atoms with Crippen molar-refractivity contribution in [1.29, 1.82) is 0 Å². The highest BCUT2D eigenvalue weighted by molar-refractivity contribution is 6.30. The summed E-state index contributed by atoms with van der Waals surface area (Å²) in [5, 5.41) is 10.2. The van der Waals surface area contributed by atoms with Crippen LogP contribution in [0.25, 0.3) is 5.69 Å². The highest BCUT2D eigenvalue weighted by Crippen LogP contribution is 2.35. The van der Waals surface area contributed by atoms with Crippen molar-refractivity contribution in [2.75, 3.05) is 0 Å². The van der Waals surface area contributed by atoms with E-state index < -0.39 is 11.9 Å². The van der Waals surface area contributed by atoms with Gasteiger partial charge in [-0.2, -0.15) is 0 Å². The van der Waals surface area contributed by atoms with Crippen LogP contribution in [0.4, 0.5) is 4.39 Å². The lowest BCUT2D eigenvalue weighted by Crippen LogP contribution is -2.12. The predicted molar refractivity (Wildman–Crippen MR) is 73.4 cm³/mol. The Balaban J connectivity index is 2.23. The second-order valence-corrected chi connectivity index (χ2v) is 5.41. The molecule has 0 amide bonds. The van der Waals surface area contributed by atoms with E-state index in [1.54, 1.807) is 18.2 Å². The molecule has 1 aromatic carbocycles. The maximum absolute atomic E-state index is 14.2. The van der Waals surface area contributed by atoms with Crippen molar-refractivity contribution >= 4 is 11.6 Å². The molecular weight excluding hydrogens is 265 g/mol. The van der Waals surface area contributed by atoms with Gasteiger partial charge in [0.15, 0.2) is 5.82 Å². The van der Waals surface area contributed by atoms with Crippen LogP contribution < -0.4 is 0 Å². The van der Waals surface area contributed by atoms with Crippen molar-refractivity contribution in [2.45, 2.75) is 32.3 Å². The Morgan fingerprint density at radius 3 is 3.00 bits per heavy atom. The molecule has 1 heterocycles. The largest absolute Gasteiger partial charge is 0.388 e. The van der Waals surface area contributed by atoms with Crippen LogP contribution in [0.1, 0.15) is 35.9 Å². The number of benzene rings is 1. The second-order valence-electron chi connectivity index (χ2n) is 5.00. The number of aryl methyl sites for hydroxylation is 1. The third-order valence-electron chi connectivity index (χ3n) is 3.74. The molecule has 100 valence electrons. The van der Waals surface area contributed by atoms with E-state index in [9.17, 15) is 9.50 Å². The molecule has 19 heavy (non-hydrogen) atoms. The summed E-state index contributed by atoms with van der Waals surface area (Å²) in [7, 11) is 0. The molecule has 0 aliphatic heterocycles. The molecule has 0 saturated carbocycles. The fourth-order valence-corrected chi connectivity index (χ4v) is 3.05. The summed E-state index contributed by atoms with van der Waals surface area (Å²) in [4.78, 5) is 0. The number of hydrogen-bond acceptors (Lipinski definition) is 1. The molecule has 0 spiro atoms. The van der Waals surface area contributed by atoms with Gasteiger partial charge in [-0.15, -0.1) is 0 Å². The Morgan fingerprint density at radius 1 is 1.42 bits per heavy atom. The number of halogens is 2. The van der Waals surface area contributed by atoms with E-state index in [0.717, 1.165) is 36.2 Å². The smallest absolute Gasteiger partial charge is 0.165 e. The van der Waals surface area contributed by atoms with Gasteiger partial charge in [-0.25, -0.2) is 4.39 Å². The van der Waals surface area contributed by atoms with Gasteiger partial charge in [-0.3, -0.25) is 0 Å². The third-order valence-corrected chi connectivity index (χ3v) is 4.03. The van der Waals surface area contributed by atoms with E-state index in [2.05, 4.69) is 0 Å². The number of aliphatic hydroxyl groups excluding tert-OH is 1. The van der Waals surface area contributed by atoms with Crippen molar-refractivity contribution in [3.63, 3.8) is 0 Å². The van der Waals surface area contributed by atoms with Crippen molar-refractivity contribution < 1.29 is 9.50 Å². The van der Waals surface area contributed by atoms with Gasteiger partial charge in [-0.1, -0.05) is 17.7 Å². The summed E-state index contributed by atoms with van der Waals surface area (Å²) in [5.74, 6) is -0.411. The molecule has 0 bridgehead atoms. The van der Waals surface area contributed by atoms with Gasteiger partial charge in [-0.05, 0) is 44.4 Å². The van der Waals surface area contributed by atoms with Crippen LogP contribution in [0.15, 0.2) is 24.3 Å². The van der Waals surface area contributed by atoms with Crippen LogP contribution in [0.3, 0.4) is 0 Å². The zero-order chi connectivity index (χ0) is 13.6. The fourth-order valence-electron chi connectivity index (χ4n) is 2.88. The van der Waals surface area contributed by atoms with Crippen LogP contribution in [0.5, 0.6) is 0 Å². The lowest BCUT2D eigenvalue weighted by Gasteiger charge is -2.21. The van der Waals surface area contributed by atoms with Crippen LogP contribution in [0.2, 0.25) is 5.02 Å². The number of hydrogen-bond donors (Lipinski definition) is 1. The normalized spacial score (nSPS) is 18.4. The first-order chi connectivity index (χ1) is 9.09. The fraction of sp³-hybridized carbons (Fsp3) is 0.333. The summed E-state index contributed by atoms with van der Waals surface area (Å²) < 4.78 is 16.1. The molecule has 1 aromatic heterocycles. The quantitative estimate of drug-likeness (QED) is 0.840. The SMILES string of the molecule is Cc1cc2c(n1-c1cccc(Cl)c1F)CCCC2O. The zero-order valence-corrected chi connectivity index (χ0v) is 11.4. The molecule has 1 atom stereocenters. The third kappa shape index (κ3) is 1.97. The molecule has 1 aliphatic rings. The molecule has 0 saturated heterocycles. The Kier molecular flexibility index (Phi) is 3.11. The van der Waals surface area contributed by atoms with Gasteiger partial charge < -0.3 is 9.67 Å². The minimum atomic E-state index is -0.439. The molecule has 2 aromatic rings. The Labute approximate surface area is 116 Å². The van der Waals surface area contributed by atoms with Crippen molar-refractivity contribution in [3.8, 4) is 5.69 Å². The standard InChI is InChI=1S/C15H15ClFNO/c1-9-8-10-12(5-3-7-14(10)19)18(9)13-6-2-4-11(16)15(13)17/h2,4,6,8,14,19H,3,5,7H2,1H3. The molecule has 1 unspecified atom stereocenters. The summed E-state index contributed by atoms with van der Waals surface area (Å²) in [5.41, 5.74) is 3.30. The van der Waals surface area contributed by atoms with Gasteiger partial charge in [0, 0.05) is 17.0 Å². The number of rotatable bonds is 1. The van der Waals surface area contributed by atoms with E-state index in [1.807, 2.05) is 17.6 Å². The van der Waals surface area contributed by atoms with E-state index in [-0.39, 0.29) is 5.02 Å². The Bertz CT molecular complexity index is 635. The number of fused-ring (bicyclic) bond motifs is 1. The van der Waals surface area contributed by atoms with Crippen LogP contribution in [-0.2, 0) is 6.42 Å². The van der Waals surface area contributed by atoms with Crippen molar-refractivity contribution in [2.24, 2.45) is 0 Å². The topological polar surface area (TPSA) is 25.2 Å². The van der Waals surface area contributed by atoms with Crippen LogP contribution >= 0.6 is 11.6 Å². The van der Waals surface area contributed by atoms with Crippen molar-refractivity contribution in [1.82, 2.24) is 4.57 Å². The summed E-state index contributed by atoms with van der Waals surface area (Å²) in [6.07, 6.45) is 2.10. The highest BCUT2D eigenvalue weighted by atomic mass is 35.5. The maximum atomic E-state index is 14.2. The Hall–Kier alpha value is -1.32. The average Bonchev–Trinajstić information content (AvgIpc) is 2.71. The number of aliphatic hydroxyl groups is 1. The van der Waals surface area contributed by atoms with E-state index in [4.69, 9.17) is 11.6 Å². The summed E-state index contributed by atoms with van der Waals surface area (Å²) >= 11 is 5.86. The van der Waals surface area contributed by atoms with Gasteiger partial charge >= 0.3 is 0 Å². The van der Waals surface area contributed by atoms with E-state index in [1.165, 1.54) is 0 Å². The van der Waals surface area contributed by atoms with Gasteiger partial charge in [0.2, 0.25) is 0 Å². The van der Waals surface area contributed by atoms with Crippen molar-refractivity contribution in [3.05, 3.63) is 52.1 Å². The van der Waals surface area contributed by atoms with Crippen LogP contribution in [0, 0.1) is 12.7 Å². The van der Waals surface area contributed by atoms with E-state index >= 15 is 0 Å². The molecule has 1 N–H and O–H groups in total. The second kappa shape index (κ2) is 4.66. The maximum Gasteiger partial charge on any atom is 0.165 e. The molecule has 2 nitrogen and oxygen atoms in total. The average molecular weight is 280 g/mol. The zero-order valence-electron chi connectivity index (χ0n) is 10.7. The lowest BCUT2D eigenvalue weighted by atomic mass is 9.95. The number of aromatic nitrogens is 1. The number of nitrogens with zero attached hydrogens (tertiary/aromatic N) is 1. The molecule has 4 heteroatoms. The van der Waals surface area contributed by atoms with Gasteiger partial charge in [0.25, 0.3) is 0 Å². The molecule has 0 radical (unpaired) electrons. The minimum absolute atomic E-state index is 0.121. The molecule has 1 aliphatic carbocycles. The first-order valence-corrected chi connectivity index (χ1v) is 6.81. The van der Waals surface area contributed by atoms with Gasteiger partial charge in [0.1, 0.15) is 0 Å². The molecule has 0 fully saturated rings. The highest BCUT2D eigenvalue weighted by Gasteiger charge is 2.24. The summed E-state index contributed by atoms with van der Waals surface area (Å²) in [6.45, 7) is 1.92. The first kappa shape index (κ1) is 12.7. The molecular formula is C15H15ClFNO. The van der Waals surface area contributed by atoms with Gasteiger partial charge in [0.05, 0.1) is 16.8 Å².